The van der Waals surface area contributed by atoms with Crippen LogP contribution < -0.4 is 5.32 Å². The van der Waals surface area contributed by atoms with Crippen molar-refractivity contribution < 1.29 is 13.2 Å². The van der Waals surface area contributed by atoms with E-state index in [1.54, 1.807) is 7.05 Å². The van der Waals surface area contributed by atoms with Crippen LogP contribution in [0.25, 0.3) is 0 Å². The number of hydrogen-bond donors (Lipinski definition) is 1. The molecule has 2 nitrogen and oxygen atoms in total. The second kappa shape index (κ2) is 5.63. The monoisotopic (exact) mass is 252 g/mol. The number of nitrogens with one attached hydrogen (secondary N) is 1. The SMILES string of the molecule is CNC(CCCC(F)(F)F)c1csc(C)n1. The lowest BCUT2D eigenvalue weighted by Gasteiger charge is -2.14. The molecule has 0 saturated carbocycles. The van der Waals surface area contributed by atoms with Crippen molar-refractivity contribution >= 4 is 11.3 Å². The second-order valence-electron chi connectivity index (χ2n) is 3.64. The van der Waals surface area contributed by atoms with Gasteiger partial charge in [0.05, 0.1) is 16.7 Å². The molecule has 0 spiro atoms. The summed E-state index contributed by atoms with van der Waals surface area (Å²) in [5, 5.41) is 5.82. The fourth-order valence-electron chi connectivity index (χ4n) is 1.49. The highest BCUT2D eigenvalue weighted by atomic mass is 32.1. The van der Waals surface area contributed by atoms with Crippen molar-refractivity contribution in [1.29, 1.82) is 0 Å². The molecule has 1 atom stereocenters. The highest BCUT2D eigenvalue weighted by molar-refractivity contribution is 7.09. The summed E-state index contributed by atoms with van der Waals surface area (Å²) >= 11 is 1.51. The molecule has 0 bridgehead atoms. The van der Waals surface area contributed by atoms with Gasteiger partial charge in [-0.1, -0.05) is 0 Å². The summed E-state index contributed by atoms with van der Waals surface area (Å²) in [5.74, 6) is 0. The van der Waals surface area contributed by atoms with Crippen molar-refractivity contribution in [2.24, 2.45) is 0 Å². The van der Waals surface area contributed by atoms with Gasteiger partial charge in [-0.15, -0.1) is 11.3 Å². The van der Waals surface area contributed by atoms with E-state index in [0.29, 0.717) is 6.42 Å². The van der Waals surface area contributed by atoms with Crippen LogP contribution in [0.1, 0.15) is 36.0 Å². The minimum atomic E-state index is -4.06. The zero-order chi connectivity index (χ0) is 12.2. The summed E-state index contributed by atoms with van der Waals surface area (Å²) in [6.07, 6.45) is -4.20. The van der Waals surface area contributed by atoms with Crippen LogP contribution in [-0.2, 0) is 0 Å². The van der Waals surface area contributed by atoms with E-state index in [1.165, 1.54) is 11.3 Å². The number of nitrogens with zero attached hydrogens (tertiary/aromatic N) is 1. The third-order valence-corrected chi connectivity index (χ3v) is 3.09. The van der Waals surface area contributed by atoms with Gasteiger partial charge in [-0.3, -0.25) is 0 Å². The molecule has 1 aromatic rings. The van der Waals surface area contributed by atoms with E-state index in [0.717, 1.165) is 10.7 Å². The van der Waals surface area contributed by atoms with Gasteiger partial charge < -0.3 is 5.32 Å². The van der Waals surface area contributed by atoms with E-state index in [9.17, 15) is 13.2 Å². The minimum absolute atomic E-state index is 0.0766. The Bertz CT molecular complexity index is 322. The molecule has 0 aliphatic rings. The molecule has 0 aliphatic carbocycles. The Morgan fingerprint density at radius 2 is 2.19 bits per heavy atom. The average molecular weight is 252 g/mol. The van der Waals surface area contributed by atoms with Gasteiger partial charge in [0.1, 0.15) is 0 Å². The van der Waals surface area contributed by atoms with Crippen LogP contribution in [0, 0.1) is 6.92 Å². The molecule has 1 rings (SSSR count). The lowest BCUT2D eigenvalue weighted by molar-refractivity contribution is -0.135. The lowest BCUT2D eigenvalue weighted by Crippen LogP contribution is -2.18. The Labute approximate surface area is 96.9 Å². The molecule has 0 saturated heterocycles. The van der Waals surface area contributed by atoms with E-state index in [4.69, 9.17) is 0 Å². The van der Waals surface area contributed by atoms with E-state index < -0.39 is 12.6 Å². The van der Waals surface area contributed by atoms with Crippen LogP contribution in [-0.4, -0.2) is 18.2 Å². The number of alkyl halides is 3. The summed E-state index contributed by atoms with van der Waals surface area (Å²) < 4.78 is 35.9. The molecule has 0 fully saturated rings. The first kappa shape index (κ1) is 13.4. The van der Waals surface area contributed by atoms with Gasteiger partial charge >= 0.3 is 6.18 Å². The van der Waals surface area contributed by atoms with E-state index in [1.807, 2.05) is 12.3 Å². The van der Waals surface area contributed by atoms with Gasteiger partial charge in [-0.25, -0.2) is 4.98 Å². The van der Waals surface area contributed by atoms with E-state index >= 15 is 0 Å². The number of rotatable bonds is 5. The maximum atomic E-state index is 12.0. The highest BCUT2D eigenvalue weighted by Gasteiger charge is 2.27. The van der Waals surface area contributed by atoms with E-state index in [2.05, 4.69) is 10.3 Å². The van der Waals surface area contributed by atoms with Crippen molar-refractivity contribution in [3.05, 3.63) is 16.1 Å². The lowest BCUT2D eigenvalue weighted by atomic mass is 10.1. The Kier molecular flexibility index (Phi) is 4.73. The summed E-state index contributed by atoms with van der Waals surface area (Å²) in [5.41, 5.74) is 0.840. The Morgan fingerprint density at radius 1 is 1.50 bits per heavy atom. The first-order valence-corrected chi connectivity index (χ1v) is 5.96. The number of aryl methyl sites for hydroxylation is 1. The summed E-state index contributed by atoms with van der Waals surface area (Å²) in [4.78, 5) is 4.27. The number of aromatic nitrogens is 1. The van der Waals surface area contributed by atoms with Crippen LogP contribution in [0.15, 0.2) is 5.38 Å². The topological polar surface area (TPSA) is 24.9 Å². The smallest absolute Gasteiger partial charge is 0.312 e. The minimum Gasteiger partial charge on any atom is -0.312 e. The molecule has 1 unspecified atom stereocenters. The van der Waals surface area contributed by atoms with Crippen molar-refractivity contribution in [2.45, 2.75) is 38.4 Å². The average Bonchev–Trinajstić information content (AvgIpc) is 2.58. The predicted molar refractivity (Wildman–Crippen MR) is 58.6 cm³/mol. The van der Waals surface area contributed by atoms with Gasteiger partial charge in [0.25, 0.3) is 0 Å². The molecule has 0 aromatic carbocycles. The first-order valence-electron chi connectivity index (χ1n) is 5.08. The van der Waals surface area contributed by atoms with Gasteiger partial charge in [0, 0.05) is 11.8 Å². The molecule has 16 heavy (non-hydrogen) atoms. The molecule has 1 heterocycles. The summed E-state index contributed by atoms with van der Waals surface area (Å²) in [7, 11) is 1.74. The van der Waals surface area contributed by atoms with Crippen molar-refractivity contribution in [2.75, 3.05) is 7.05 Å². The Hall–Kier alpha value is -0.620. The first-order chi connectivity index (χ1) is 7.42. The molecule has 0 radical (unpaired) electrons. The van der Waals surface area contributed by atoms with E-state index in [-0.39, 0.29) is 12.5 Å². The summed E-state index contributed by atoms with van der Waals surface area (Å²) in [6.45, 7) is 1.89. The Morgan fingerprint density at radius 3 is 2.62 bits per heavy atom. The van der Waals surface area contributed by atoms with Crippen LogP contribution in [0.3, 0.4) is 0 Å². The summed E-state index contributed by atoms with van der Waals surface area (Å²) in [6, 6.07) is -0.0766. The molecular weight excluding hydrogens is 237 g/mol. The number of halogens is 3. The third-order valence-electron chi connectivity index (χ3n) is 2.30. The highest BCUT2D eigenvalue weighted by Crippen LogP contribution is 2.26. The molecular formula is C10H15F3N2S. The molecule has 0 aliphatic heterocycles. The van der Waals surface area contributed by atoms with Crippen LogP contribution in [0.4, 0.5) is 13.2 Å². The Balaban J connectivity index is 2.44. The fraction of sp³-hybridized carbons (Fsp3) is 0.700. The second-order valence-corrected chi connectivity index (χ2v) is 4.70. The number of hydrogen-bond acceptors (Lipinski definition) is 3. The molecule has 0 amide bonds. The van der Waals surface area contributed by atoms with Crippen molar-refractivity contribution in [3.63, 3.8) is 0 Å². The largest absolute Gasteiger partial charge is 0.389 e. The maximum Gasteiger partial charge on any atom is 0.389 e. The standard InChI is InChI=1S/C10H15F3N2S/c1-7-15-9(6-16-7)8(14-2)4-3-5-10(11,12)13/h6,8,14H,3-5H2,1-2H3. The molecule has 6 heteroatoms. The normalized spacial score (nSPS) is 14.1. The van der Waals surface area contributed by atoms with Crippen molar-refractivity contribution in [1.82, 2.24) is 10.3 Å². The molecule has 1 aromatic heterocycles. The maximum absolute atomic E-state index is 12.0. The molecule has 92 valence electrons. The van der Waals surface area contributed by atoms with Gasteiger partial charge in [0.15, 0.2) is 0 Å². The van der Waals surface area contributed by atoms with Crippen LogP contribution >= 0.6 is 11.3 Å². The molecule has 1 N–H and O–H groups in total. The third kappa shape index (κ3) is 4.49. The predicted octanol–water partition coefficient (Wildman–Crippen LogP) is 3.44. The van der Waals surface area contributed by atoms with Crippen LogP contribution in [0.5, 0.6) is 0 Å². The van der Waals surface area contributed by atoms with Gasteiger partial charge in [-0.2, -0.15) is 13.2 Å². The van der Waals surface area contributed by atoms with Crippen molar-refractivity contribution in [3.8, 4) is 0 Å². The van der Waals surface area contributed by atoms with Gasteiger partial charge in [-0.05, 0) is 26.8 Å². The number of thiazole rings is 1. The zero-order valence-electron chi connectivity index (χ0n) is 9.27. The zero-order valence-corrected chi connectivity index (χ0v) is 10.1. The quantitative estimate of drug-likeness (QED) is 0.868. The van der Waals surface area contributed by atoms with Gasteiger partial charge in [0.2, 0.25) is 0 Å². The fourth-order valence-corrected chi connectivity index (χ4v) is 2.15. The van der Waals surface area contributed by atoms with Crippen LogP contribution in [0.2, 0.25) is 0 Å².